The van der Waals surface area contributed by atoms with E-state index < -0.39 is 10.0 Å². The number of unbranched alkanes of at least 4 members (excludes halogenated alkanes) is 2. The highest BCUT2D eigenvalue weighted by atomic mass is 32.2. The monoisotopic (exact) mass is 383 g/mol. The molecule has 6 nitrogen and oxygen atoms in total. The number of piperazine rings is 1. The van der Waals surface area contributed by atoms with E-state index in [1.54, 1.807) is 12.1 Å². The van der Waals surface area contributed by atoms with Crippen LogP contribution in [-0.4, -0.2) is 64.1 Å². The Labute approximate surface area is 158 Å². The molecule has 0 unspecified atom stereocenters. The Morgan fingerprint density at radius 2 is 1.88 bits per heavy atom. The van der Waals surface area contributed by atoms with E-state index in [2.05, 4.69) is 23.6 Å². The molecule has 2 rings (SSSR count). The summed E-state index contributed by atoms with van der Waals surface area (Å²) < 4.78 is 28.7. The van der Waals surface area contributed by atoms with Crippen molar-refractivity contribution in [3.05, 3.63) is 23.8 Å². The first-order valence-corrected chi connectivity index (χ1v) is 11.1. The van der Waals surface area contributed by atoms with E-state index in [0.29, 0.717) is 11.8 Å². The molecule has 7 heteroatoms. The van der Waals surface area contributed by atoms with Gasteiger partial charge in [0.05, 0.1) is 7.11 Å². The molecule has 2 N–H and O–H groups in total. The van der Waals surface area contributed by atoms with Crippen molar-refractivity contribution in [2.75, 3.05) is 39.8 Å². The van der Waals surface area contributed by atoms with Crippen LogP contribution in [0.1, 0.15) is 38.7 Å². The van der Waals surface area contributed by atoms with Gasteiger partial charge in [0.25, 0.3) is 0 Å². The molecule has 0 saturated carbocycles. The minimum Gasteiger partial charge on any atom is -0.495 e. The Balaban J connectivity index is 1.93. The summed E-state index contributed by atoms with van der Waals surface area (Å²) in [6.45, 7) is 9.98. The molecule has 0 radical (unpaired) electrons. The minimum absolute atomic E-state index is 0.0606. The van der Waals surface area contributed by atoms with Crippen molar-refractivity contribution >= 4 is 10.0 Å². The van der Waals surface area contributed by atoms with E-state index in [4.69, 9.17) is 9.88 Å². The highest BCUT2D eigenvalue weighted by Gasteiger charge is 2.22. The summed E-state index contributed by atoms with van der Waals surface area (Å²) in [6, 6.07) is 5.61. The molecule has 1 fully saturated rings. The summed E-state index contributed by atoms with van der Waals surface area (Å²) in [5.41, 5.74) is 0.965. The zero-order valence-electron chi connectivity index (χ0n) is 16.3. The molecular formula is C19H33N3O3S. The summed E-state index contributed by atoms with van der Waals surface area (Å²) in [4.78, 5) is 5.09. The Morgan fingerprint density at radius 1 is 1.19 bits per heavy atom. The summed E-state index contributed by atoms with van der Waals surface area (Å²) >= 11 is 0. The summed E-state index contributed by atoms with van der Waals surface area (Å²) in [7, 11) is -2.34. The number of hydrogen-bond donors (Lipinski definition) is 1. The van der Waals surface area contributed by atoms with Crippen LogP contribution in [0.4, 0.5) is 0 Å². The van der Waals surface area contributed by atoms with Gasteiger partial charge in [0.2, 0.25) is 10.0 Å². The molecule has 1 heterocycles. The minimum atomic E-state index is -3.79. The van der Waals surface area contributed by atoms with Gasteiger partial charge in [0, 0.05) is 32.2 Å². The Morgan fingerprint density at radius 3 is 2.46 bits per heavy atom. The van der Waals surface area contributed by atoms with Gasteiger partial charge in [-0.05, 0) is 44.0 Å². The van der Waals surface area contributed by atoms with Gasteiger partial charge in [-0.2, -0.15) is 0 Å². The van der Waals surface area contributed by atoms with Crippen molar-refractivity contribution in [2.24, 2.45) is 5.14 Å². The lowest BCUT2D eigenvalue weighted by Gasteiger charge is -2.38. The van der Waals surface area contributed by atoms with Crippen LogP contribution in [0.25, 0.3) is 0 Å². The smallest absolute Gasteiger partial charge is 0.241 e. The number of sulfonamides is 1. The normalized spacial score (nSPS) is 18.0. The van der Waals surface area contributed by atoms with Gasteiger partial charge in [0.15, 0.2) is 0 Å². The van der Waals surface area contributed by atoms with E-state index in [1.165, 1.54) is 32.9 Å². The fraction of sp³-hybridized carbons (Fsp3) is 0.684. The molecule has 0 bridgehead atoms. The fourth-order valence-electron chi connectivity index (χ4n) is 3.55. The molecule has 1 aromatic carbocycles. The summed E-state index contributed by atoms with van der Waals surface area (Å²) in [5, 5.41) is 5.32. The number of nitrogens with zero attached hydrogens (tertiary/aromatic N) is 2. The van der Waals surface area contributed by atoms with Crippen molar-refractivity contribution in [3.63, 3.8) is 0 Å². The van der Waals surface area contributed by atoms with Crippen LogP contribution in [0.5, 0.6) is 5.75 Å². The lowest BCUT2D eigenvalue weighted by atomic mass is 10.0. The summed E-state index contributed by atoms with van der Waals surface area (Å²) in [6.07, 6.45) is 4.65. The molecule has 148 valence electrons. The van der Waals surface area contributed by atoms with E-state index in [9.17, 15) is 8.42 Å². The molecule has 1 aromatic rings. The zero-order chi connectivity index (χ0) is 19.2. The number of benzene rings is 1. The van der Waals surface area contributed by atoms with Crippen molar-refractivity contribution < 1.29 is 13.2 Å². The molecule has 1 saturated heterocycles. The van der Waals surface area contributed by atoms with E-state index in [1.807, 2.05) is 6.07 Å². The van der Waals surface area contributed by atoms with Crippen molar-refractivity contribution in [1.82, 2.24) is 9.80 Å². The maximum absolute atomic E-state index is 11.8. The summed E-state index contributed by atoms with van der Waals surface area (Å²) in [5.74, 6) is 0.296. The predicted octanol–water partition coefficient (Wildman–Crippen LogP) is 2.08. The standard InChI is InChI=1S/C19H33N3O3S/c1-4-5-6-9-21-10-12-22(13-11-21)16(2)14-17-7-8-18(25-3)19(15-17)26(20,23)24/h7-8,15-16H,4-6,9-14H2,1-3H3,(H2,20,23,24)/t16-/m1/s1. The second-order valence-corrected chi connectivity index (χ2v) is 8.70. The van der Waals surface area contributed by atoms with Crippen LogP contribution in [0, 0.1) is 0 Å². The Bertz CT molecular complexity index is 671. The molecular weight excluding hydrogens is 350 g/mol. The second-order valence-electron chi connectivity index (χ2n) is 7.17. The molecule has 26 heavy (non-hydrogen) atoms. The SMILES string of the molecule is CCCCCN1CCN([C@H](C)Cc2ccc(OC)c(S(N)(=O)=O)c2)CC1. The number of methoxy groups -OCH3 is 1. The van der Waals surface area contributed by atoms with Gasteiger partial charge >= 0.3 is 0 Å². The van der Waals surface area contributed by atoms with Gasteiger partial charge in [-0.15, -0.1) is 0 Å². The topological polar surface area (TPSA) is 75.9 Å². The third-order valence-corrected chi connectivity index (χ3v) is 6.11. The molecule has 0 aromatic heterocycles. The van der Waals surface area contributed by atoms with Gasteiger partial charge < -0.3 is 9.64 Å². The van der Waals surface area contributed by atoms with Gasteiger partial charge in [-0.3, -0.25) is 4.90 Å². The van der Waals surface area contributed by atoms with Crippen molar-refractivity contribution in [1.29, 1.82) is 0 Å². The molecule has 0 spiro atoms. The van der Waals surface area contributed by atoms with E-state index >= 15 is 0 Å². The predicted molar refractivity (Wildman–Crippen MR) is 105 cm³/mol. The molecule has 0 aliphatic carbocycles. The van der Waals surface area contributed by atoms with Crippen molar-refractivity contribution in [2.45, 2.75) is 50.5 Å². The Kier molecular flexibility index (Phi) is 7.88. The fourth-order valence-corrected chi connectivity index (χ4v) is 4.30. The van der Waals surface area contributed by atoms with Crippen molar-refractivity contribution in [3.8, 4) is 5.75 Å². The number of hydrogen-bond acceptors (Lipinski definition) is 5. The van der Waals surface area contributed by atoms with Crippen LogP contribution in [-0.2, 0) is 16.4 Å². The molecule has 1 atom stereocenters. The highest BCUT2D eigenvalue weighted by Crippen LogP contribution is 2.25. The largest absolute Gasteiger partial charge is 0.495 e. The molecule has 0 amide bonds. The zero-order valence-corrected chi connectivity index (χ0v) is 17.1. The number of rotatable bonds is 9. The number of nitrogens with two attached hydrogens (primary N) is 1. The first kappa shape index (κ1) is 21.2. The third kappa shape index (κ3) is 5.94. The molecule has 1 aliphatic heterocycles. The van der Waals surface area contributed by atoms with Crippen LogP contribution >= 0.6 is 0 Å². The quantitative estimate of drug-likeness (QED) is 0.661. The third-order valence-electron chi connectivity index (χ3n) is 5.17. The first-order chi connectivity index (χ1) is 12.3. The van der Waals surface area contributed by atoms with Crippen LogP contribution in [0.3, 0.4) is 0 Å². The van der Waals surface area contributed by atoms with Gasteiger partial charge in [0.1, 0.15) is 10.6 Å². The second kappa shape index (κ2) is 9.69. The number of ether oxygens (including phenoxy) is 1. The van der Waals surface area contributed by atoms with Gasteiger partial charge in [-0.1, -0.05) is 25.8 Å². The van der Waals surface area contributed by atoms with Crippen LogP contribution in [0.2, 0.25) is 0 Å². The average Bonchev–Trinajstić information content (AvgIpc) is 2.61. The van der Waals surface area contributed by atoms with Crippen LogP contribution in [0.15, 0.2) is 23.1 Å². The molecule has 1 aliphatic rings. The Hall–Kier alpha value is -1.15. The number of primary sulfonamides is 1. The lowest BCUT2D eigenvalue weighted by Crippen LogP contribution is -2.50. The first-order valence-electron chi connectivity index (χ1n) is 9.51. The van der Waals surface area contributed by atoms with Crippen LogP contribution < -0.4 is 9.88 Å². The maximum atomic E-state index is 11.8. The lowest BCUT2D eigenvalue weighted by molar-refractivity contribution is 0.101. The maximum Gasteiger partial charge on any atom is 0.241 e. The van der Waals surface area contributed by atoms with E-state index in [-0.39, 0.29) is 4.90 Å². The van der Waals surface area contributed by atoms with Gasteiger partial charge in [-0.25, -0.2) is 13.6 Å². The van der Waals surface area contributed by atoms with E-state index in [0.717, 1.165) is 38.2 Å². The average molecular weight is 384 g/mol. The highest BCUT2D eigenvalue weighted by molar-refractivity contribution is 7.89.